The predicted molar refractivity (Wildman–Crippen MR) is 74.2 cm³/mol. The fourth-order valence-electron chi connectivity index (χ4n) is 3.10. The molecular formula is C14H24N4O. The van der Waals surface area contributed by atoms with E-state index in [1.165, 1.54) is 25.7 Å². The zero-order chi connectivity index (χ0) is 13.6. The lowest BCUT2D eigenvalue weighted by Gasteiger charge is -2.39. The van der Waals surface area contributed by atoms with Crippen molar-refractivity contribution < 1.29 is 4.74 Å². The van der Waals surface area contributed by atoms with Gasteiger partial charge in [-0.3, -0.25) is 15.8 Å². The molecule has 1 heterocycles. The summed E-state index contributed by atoms with van der Waals surface area (Å²) >= 11 is 0. The van der Waals surface area contributed by atoms with Crippen LogP contribution in [0.25, 0.3) is 0 Å². The van der Waals surface area contributed by atoms with Crippen molar-refractivity contribution in [2.75, 3.05) is 6.61 Å². The van der Waals surface area contributed by atoms with Gasteiger partial charge in [0, 0.05) is 19.0 Å². The van der Waals surface area contributed by atoms with E-state index in [2.05, 4.69) is 15.4 Å². The molecule has 1 fully saturated rings. The number of ether oxygens (including phenoxy) is 1. The summed E-state index contributed by atoms with van der Waals surface area (Å²) in [5.74, 6) is 5.80. The zero-order valence-corrected chi connectivity index (χ0v) is 11.6. The molecule has 106 valence electrons. The molecule has 19 heavy (non-hydrogen) atoms. The van der Waals surface area contributed by atoms with E-state index in [-0.39, 0.29) is 11.6 Å². The van der Waals surface area contributed by atoms with E-state index >= 15 is 0 Å². The Morgan fingerprint density at radius 3 is 2.58 bits per heavy atom. The van der Waals surface area contributed by atoms with Crippen LogP contribution in [-0.2, 0) is 4.74 Å². The Bertz CT molecular complexity index is 363. The first-order valence-electron chi connectivity index (χ1n) is 7.18. The largest absolute Gasteiger partial charge is 0.373 e. The first-order valence-corrected chi connectivity index (χ1v) is 7.18. The van der Waals surface area contributed by atoms with Crippen LogP contribution in [0.4, 0.5) is 0 Å². The molecular weight excluding hydrogens is 240 g/mol. The molecule has 1 aromatic rings. The van der Waals surface area contributed by atoms with Crippen LogP contribution < -0.4 is 11.3 Å². The van der Waals surface area contributed by atoms with Gasteiger partial charge in [0.25, 0.3) is 0 Å². The van der Waals surface area contributed by atoms with Crippen LogP contribution in [-0.4, -0.2) is 22.2 Å². The fraction of sp³-hybridized carbons (Fsp3) is 0.714. The van der Waals surface area contributed by atoms with Crippen molar-refractivity contribution in [1.29, 1.82) is 0 Å². The first-order chi connectivity index (χ1) is 9.32. The van der Waals surface area contributed by atoms with Crippen LogP contribution in [0.5, 0.6) is 0 Å². The maximum Gasteiger partial charge on any atom is 0.0937 e. The van der Waals surface area contributed by atoms with Gasteiger partial charge in [0.1, 0.15) is 0 Å². The van der Waals surface area contributed by atoms with Gasteiger partial charge < -0.3 is 4.74 Å². The second kappa shape index (κ2) is 6.93. The Labute approximate surface area is 114 Å². The van der Waals surface area contributed by atoms with Crippen LogP contribution in [0.2, 0.25) is 0 Å². The van der Waals surface area contributed by atoms with Crippen LogP contribution in [0, 0.1) is 0 Å². The van der Waals surface area contributed by atoms with E-state index < -0.39 is 0 Å². The van der Waals surface area contributed by atoms with Gasteiger partial charge in [0.15, 0.2) is 0 Å². The van der Waals surface area contributed by atoms with E-state index in [9.17, 15) is 0 Å². The summed E-state index contributed by atoms with van der Waals surface area (Å²) in [4.78, 5) is 8.55. The summed E-state index contributed by atoms with van der Waals surface area (Å²) in [5, 5.41) is 0. The molecule has 1 aliphatic rings. The van der Waals surface area contributed by atoms with Gasteiger partial charge in [-0.2, -0.15) is 0 Å². The van der Waals surface area contributed by atoms with E-state index in [0.717, 1.165) is 18.5 Å². The van der Waals surface area contributed by atoms with Gasteiger partial charge in [-0.25, -0.2) is 5.43 Å². The number of nitrogens with zero attached hydrogens (tertiary/aromatic N) is 2. The second-order valence-electron chi connectivity index (χ2n) is 5.14. The monoisotopic (exact) mass is 264 g/mol. The van der Waals surface area contributed by atoms with Crippen LogP contribution >= 0.6 is 0 Å². The molecule has 5 nitrogen and oxygen atoms in total. The molecule has 0 aromatic carbocycles. The highest BCUT2D eigenvalue weighted by atomic mass is 16.5. The van der Waals surface area contributed by atoms with Crippen molar-refractivity contribution >= 4 is 0 Å². The summed E-state index contributed by atoms with van der Waals surface area (Å²) in [6, 6.07) is -0.0979. The molecule has 0 bridgehead atoms. The third-order valence-electron chi connectivity index (χ3n) is 3.95. The predicted octanol–water partition coefficient (Wildman–Crippen LogP) is 2.11. The van der Waals surface area contributed by atoms with Crippen molar-refractivity contribution in [3.63, 3.8) is 0 Å². The number of hydrogen-bond acceptors (Lipinski definition) is 5. The van der Waals surface area contributed by atoms with Crippen LogP contribution in [0.15, 0.2) is 18.6 Å². The standard InChI is InChI=1S/C14H24N4O/c1-2-19-14(7-5-3-4-6-8-14)13(18-15)12-11-16-9-10-17-12/h9-11,13,18H,2-8,15H2,1H3. The molecule has 1 aliphatic carbocycles. The minimum absolute atomic E-state index is 0.0979. The SMILES string of the molecule is CCOC1(C(NN)c2cnccn2)CCCCCC1. The number of nitrogens with two attached hydrogens (primary N) is 1. The molecule has 0 aliphatic heterocycles. The Morgan fingerprint density at radius 2 is 2.05 bits per heavy atom. The highest BCUT2D eigenvalue weighted by Gasteiger charge is 2.41. The van der Waals surface area contributed by atoms with Gasteiger partial charge in [0.05, 0.1) is 23.5 Å². The van der Waals surface area contributed by atoms with E-state index in [1.807, 2.05) is 6.92 Å². The zero-order valence-electron chi connectivity index (χ0n) is 11.6. The van der Waals surface area contributed by atoms with Crippen molar-refractivity contribution in [3.8, 4) is 0 Å². The van der Waals surface area contributed by atoms with Gasteiger partial charge >= 0.3 is 0 Å². The maximum absolute atomic E-state index is 6.15. The summed E-state index contributed by atoms with van der Waals surface area (Å²) in [7, 11) is 0. The summed E-state index contributed by atoms with van der Waals surface area (Å²) in [6.07, 6.45) is 12.1. The van der Waals surface area contributed by atoms with Gasteiger partial charge in [-0.1, -0.05) is 25.7 Å². The van der Waals surface area contributed by atoms with E-state index in [4.69, 9.17) is 10.6 Å². The van der Waals surface area contributed by atoms with E-state index in [1.54, 1.807) is 18.6 Å². The number of aromatic nitrogens is 2. The molecule has 2 rings (SSSR count). The van der Waals surface area contributed by atoms with Crippen molar-refractivity contribution in [2.24, 2.45) is 5.84 Å². The highest BCUT2D eigenvalue weighted by molar-refractivity contribution is 5.10. The van der Waals surface area contributed by atoms with Crippen LogP contribution in [0.1, 0.15) is 57.2 Å². The average Bonchev–Trinajstić information content (AvgIpc) is 2.68. The molecule has 1 atom stereocenters. The van der Waals surface area contributed by atoms with Gasteiger partial charge in [-0.15, -0.1) is 0 Å². The molecule has 0 radical (unpaired) electrons. The van der Waals surface area contributed by atoms with Crippen LogP contribution in [0.3, 0.4) is 0 Å². The van der Waals surface area contributed by atoms with Crippen molar-refractivity contribution in [3.05, 3.63) is 24.3 Å². The third kappa shape index (κ3) is 3.29. The number of hydrogen-bond donors (Lipinski definition) is 2. The average molecular weight is 264 g/mol. The smallest absolute Gasteiger partial charge is 0.0937 e. The minimum atomic E-state index is -0.254. The lowest BCUT2D eigenvalue weighted by atomic mass is 9.84. The summed E-state index contributed by atoms with van der Waals surface area (Å²) < 4.78 is 6.15. The van der Waals surface area contributed by atoms with Crippen molar-refractivity contribution in [2.45, 2.75) is 57.1 Å². The first kappa shape index (κ1) is 14.4. The quantitative estimate of drug-likeness (QED) is 0.484. The molecule has 0 spiro atoms. The Morgan fingerprint density at radius 1 is 1.32 bits per heavy atom. The van der Waals surface area contributed by atoms with Gasteiger partial charge in [0.2, 0.25) is 0 Å². The van der Waals surface area contributed by atoms with Crippen molar-refractivity contribution in [1.82, 2.24) is 15.4 Å². The molecule has 1 saturated carbocycles. The molecule has 0 amide bonds. The number of rotatable bonds is 5. The van der Waals surface area contributed by atoms with E-state index in [0.29, 0.717) is 6.61 Å². The second-order valence-corrected chi connectivity index (χ2v) is 5.14. The highest BCUT2D eigenvalue weighted by Crippen LogP contribution is 2.39. The topological polar surface area (TPSA) is 73.1 Å². The molecule has 3 N–H and O–H groups in total. The van der Waals surface area contributed by atoms with Gasteiger partial charge in [-0.05, 0) is 19.8 Å². The normalized spacial score (nSPS) is 20.7. The Balaban J connectivity index is 2.29. The fourth-order valence-corrected chi connectivity index (χ4v) is 3.10. The maximum atomic E-state index is 6.15. The molecule has 0 saturated heterocycles. The summed E-state index contributed by atoms with van der Waals surface area (Å²) in [6.45, 7) is 2.73. The Kier molecular flexibility index (Phi) is 5.24. The molecule has 1 aromatic heterocycles. The lowest BCUT2D eigenvalue weighted by Crippen LogP contribution is -2.48. The molecule has 5 heteroatoms. The molecule has 1 unspecified atom stereocenters. The number of hydrazine groups is 1. The lowest BCUT2D eigenvalue weighted by molar-refractivity contribution is -0.0792. The Hall–Kier alpha value is -1.04. The summed E-state index contributed by atoms with van der Waals surface area (Å²) in [5.41, 5.74) is 3.52. The minimum Gasteiger partial charge on any atom is -0.373 e. The number of nitrogens with one attached hydrogen (secondary N) is 1. The third-order valence-corrected chi connectivity index (χ3v) is 3.95.